The van der Waals surface area contributed by atoms with E-state index in [9.17, 15) is 18.0 Å². The Bertz CT molecular complexity index is 1610. The molecule has 0 saturated carbocycles. The summed E-state index contributed by atoms with van der Waals surface area (Å²) in [6.45, 7) is 1.88. The van der Waals surface area contributed by atoms with E-state index in [1.807, 2.05) is 13.0 Å². The van der Waals surface area contributed by atoms with Crippen LogP contribution in [0.15, 0.2) is 112 Å². The highest BCUT2D eigenvalue weighted by Crippen LogP contribution is 2.23. The minimum Gasteiger partial charge on any atom is -0.422 e. The Balaban J connectivity index is 1.41. The number of aryl methyl sites for hydroxylation is 1. The van der Waals surface area contributed by atoms with Gasteiger partial charge in [-0.2, -0.15) is 5.10 Å². The summed E-state index contributed by atoms with van der Waals surface area (Å²) in [5.41, 5.74) is 4.80. The molecule has 0 atom stereocenters. The molecule has 0 heterocycles. The normalized spacial score (nSPS) is 11.2. The molecule has 0 aliphatic rings. The zero-order chi connectivity index (χ0) is 27.1. The molecule has 10 heteroatoms. The Hall–Kier alpha value is -4.28. The number of ether oxygens (including phenoxy) is 1. The lowest BCUT2D eigenvalue weighted by Gasteiger charge is -2.09. The maximum atomic E-state index is 12.6. The fraction of sp³-hybridized carbons (Fsp3) is 0.0357. The number of rotatable bonds is 8. The molecular formula is C28H22BrN3O5S. The minimum atomic E-state index is -3.74. The standard InChI is InChI=1S/C28H22BrN3O5S/c1-19-6-5-7-21(16-19)28(34)37-26-15-12-23(29)17-22(26)18-30-31-27(33)20-10-13-24(14-11-20)32-38(35,36)25-8-3-2-4-9-25/h2-18,32H,1H3,(H,31,33). The van der Waals surface area contributed by atoms with Gasteiger partial charge in [0.2, 0.25) is 0 Å². The van der Waals surface area contributed by atoms with Crippen molar-refractivity contribution < 1.29 is 22.7 Å². The van der Waals surface area contributed by atoms with Gasteiger partial charge in [-0.25, -0.2) is 18.6 Å². The van der Waals surface area contributed by atoms with Crippen molar-refractivity contribution in [3.63, 3.8) is 0 Å². The van der Waals surface area contributed by atoms with E-state index < -0.39 is 21.9 Å². The second-order valence-electron chi connectivity index (χ2n) is 8.14. The predicted octanol–water partition coefficient (Wildman–Crippen LogP) is 5.54. The first-order chi connectivity index (χ1) is 18.2. The Morgan fingerprint density at radius 2 is 1.61 bits per heavy atom. The van der Waals surface area contributed by atoms with Gasteiger partial charge in [-0.15, -0.1) is 0 Å². The van der Waals surface area contributed by atoms with E-state index in [2.05, 4.69) is 31.2 Å². The number of halogens is 1. The van der Waals surface area contributed by atoms with Crippen molar-refractivity contribution in [3.05, 3.63) is 124 Å². The number of hydrazone groups is 1. The number of hydrogen-bond donors (Lipinski definition) is 2. The molecular weight excluding hydrogens is 570 g/mol. The van der Waals surface area contributed by atoms with Gasteiger partial charge in [-0.1, -0.05) is 51.8 Å². The van der Waals surface area contributed by atoms with Crippen molar-refractivity contribution in [1.82, 2.24) is 5.43 Å². The molecule has 1 amide bonds. The fourth-order valence-corrected chi connectivity index (χ4v) is 4.83. The van der Waals surface area contributed by atoms with Crippen LogP contribution in [0, 0.1) is 6.92 Å². The lowest BCUT2D eigenvalue weighted by atomic mass is 10.1. The minimum absolute atomic E-state index is 0.132. The van der Waals surface area contributed by atoms with Crippen molar-refractivity contribution in [1.29, 1.82) is 0 Å². The third kappa shape index (κ3) is 6.93. The molecule has 4 aromatic rings. The first-order valence-corrected chi connectivity index (χ1v) is 13.6. The van der Waals surface area contributed by atoms with Crippen molar-refractivity contribution in [2.75, 3.05) is 4.72 Å². The van der Waals surface area contributed by atoms with Crippen LogP contribution in [-0.2, 0) is 10.0 Å². The number of esters is 1. The van der Waals surface area contributed by atoms with Gasteiger partial charge in [0.05, 0.1) is 16.7 Å². The highest BCUT2D eigenvalue weighted by molar-refractivity contribution is 9.10. The van der Waals surface area contributed by atoms with Crippen LogP contribution in [0.1, 0.15) is 31.8 Å². The van der Waals surface area contributed by atoms with Crippen molar-refractivity contribution in [3.8, 4) is 5.75 Å². The van der Waals surface area contributed by atoms with Gasteiger partial charge >= 0.3 is 5.97 Å². The van der Waals surface area contributed by atoms with Crippen LogP contribution in [0.4, 0.5) is 5.69 Å². The topological polar surface area (TPSA) is 114 Å². The second kappa shape index (κ2) is 11.8. The number of carbonyl (C=O) groups is 2. The summed E-state index contributed by atoms with van der Waals surface area (Å²) >= 11 is 3.38. The van der Waals surface area contributed by atoms with E-state index in [0.717, 1.165) is 10.0 Å². The molecule has 0 aliphatic heterocycles. The van der Waals surface area contributed by atoms with E-state index in [1.165, 1.54) is 42.6 Å². The molecule has 192 valence electrons. The summed E-state index contributed by atoms with van der Waals surface area (Å²) < 4.78 is 33.7. The molecule has 8 nitrogen and oxygen atoms in total. The quantitative estimate of drug-likeness (QED) is 0.121. The van der Waals surface area contributed by atoms with E-state index in [-0.39, 0.29) is 16.2 Å². The molecule has 0 aliphatic carbocycles. The molecule has 4 rings (SSSR count). The zero-order valence-electron chi connectivity index (χ0n) is 20.1. The third-order valence-electron chi connectivity index (χ3n) is 5.25. The van der Waals surface area contributed by atoms with E-state index >= 15 is 0 Å². The summed E-state index contributed by atoms with van der Waals surface area (Å²) in [5.74, 6) is -0.752. The number of anilines is 1. The predicted molar refractivity (Wildman–Crippen MR) is 149 cm³/mol. The number of benzene rings is 4. The van der Waals surface area contributed by atoms with Crippen LogP contribution in [0.2, 0.25) is 0 Å². The van der Waals surface area contributed by atoms with Gasteiger partial charge in [0.1, 0.15) is 5.75 Å². The van der Waals surface area contributed by atoms with Crippen LogP contribution in [0.3, 0.4) is 0 Å². The lowest BCUT2D eigenvalue weighted by molar-refractivity contribution is 0.0734. The SMILES string of the molecule is Cc1cccc(C(=O)Oc2ccc(Br)cc2C=NNC(=O)c2ccc(NS(=O)(=O)c3ccccc3)cc2)c1. The van der Waals surface area contributed by atoms with Crippen LogP contribution < -0.4 is 14.9 Å². The number of amides is 1. The average Bonchev–Trinajstić information content (AvgIpc) is 2.90. The van der Waals surface area contributed by atoms with E-state index in [1.54, 1.807) is 54.6 Å². The number of carbonyl (C=O) groups excluding carboxylic acids is 2. The Kier molecular flexibility index (Phi) is 8.35. The Morgan fingerprint density at radius 1 is 0.868 bits per heavy atom. The van der Waals surface area contributed by atoms with Gasteiger partial charge in [-0.05, 0) is 73.7 Å². The smallest absolute Gasteiger partial charge is 0.343 e. The highest BCUT2D eigenvalue weighted by Gasteiger charge is 2.14. The van der Waals surface area contributed by atoms with Gasteiger partial charge in [0.15, 0.2) is 0 Å². The molecule has 0 aromatic heterocycles. The van der Waals surface area contributed by atoms with Gasteiger partial charge in [0.25, 0.3) is 15.9 Å². The second-order valence-corrected chi connectivity index (χ2v) is 10.7. The number of nitrogens with zero attached hydrogens (tertiary/aromatic N) is 1. The van der Waals surface area contributed by atoms with E-state index in [0.29, 0.717) is 16.8 Å². The molecule has 0 fully saturated rings. The van der Waals surface area contributed by atoms with Gasteiger partial charge < -0.3 is 4.74 Å². The number of nitrogens with one attached hydrogen (secondary N) is 2. The number of hydrogen-bond acceptors (Lipinski definition) is 6. The van der Waals surface area contributed by atoms with Crippen LogP contribution in [0.5, 0.6) is 5.75 Å². The molecule has 0 bridgehead atoms. The summed E-state index contributed by atoms with van der Waals surface area (Å²) in [5, 5.41) is 3.99. The van der Waals surface area contributed by atoms with Crippen LogP contribution in [0.25, 0.3) is 0 Å². The molecule has 2 N–H and O–H groups in total. The molecule has 0 unspecified atom stereocenters. The van der Waals surface area contributed by atoms with Crippen molar-refractivity contribution in [2.24, 2.45) is 5.10 Å². The van der Waals surface area contributed by atoms with Gasteiger partial charge in [-0.3, -0.25) is 9.52 Å². The van der Waals surface area contributed by atoms with E-state index in [4.69, 9.17) is 4.74 Å². The first kappa shape index (κ1) is 26.8. The molecule has 38 heavy (non-hydrogen) atoms. The molecule has 0 spiro atoms. The third-order valence-corrected chi connectivity index (χ3v) is 7.14. The van der Waals surface area contributed by atoms with Crippen LogP contribution >= 0.6 is 15.9 Å². The molecule has 4 aromatic carbocycles. The average molecular weight is 592 g/mol. The highest BCUT2D eigenvalue weighted by atomic mass is 79.9. The summed E-state index contributed by atoms with van der Waals surface area (Å²) in [7, 11) is -3.74. The molecule has 0 saturated heterocycles. The first-order valence-electron chi connectivity index (χ1n) is 11.3. The summed E-state index contributed by atoms with van der Waals surface area (Å²) in [6, 6.07) is 26.0. The lowest BCUT2D eigenvalue weighted by Crippen LogP contribution is -2.18. The maximum Gasteiger partial charge on any atom is 0.343 e. The summed E-state index contributed by atoms with van der Waals surface area (Å²) in [4.78, 5) is 25.2. The van der Waals surface area contributed by atoms with Gasteiger partial charge in [0, 0.05) is 21.3 Å². The fourth-order valence-electron chi connectivity index (χ4n) is 3.37. The summed E-state index contributed by atoms with van der Waals surface area (Å²) in [6.07, 6.45) is 1.36. The Labute approximate surface area is 228 Å². The van der Waals surface area contributed by atoms with Crippen molar-refractivity contribution in [2.45, 2.75) is 11.8 Å². The zero-order valence-corrected chi connectivity index (χ0v) is 22.5. The monoisotopic (exact) mass is 591 g/mol. The Morgan fingerprint density at radius 3 is 2.32 bits per heavy atom. The number of sulfonamides is 1. The van der Waals surface area contributed by atoms with Crippen LogP contribution in [-0.4, -0.2) is 26.5 Å². The molecule has 0 radical (unpaired) electrons. The maximum absolute atomic E-state index is 12.6. The van der Waals surface area contributed by atoms with Crippen molar-refractivity contribution >= 4 is 49.7 Å². The largest absolute Gasteiger partial charge is 0.422 e.